The molecular formula is C23H26Cl2N4O2. The third-order valence-corrected chi connectivity index (χ3v) is 7.20. The quantitative estimate of drug-likeness (QED) is 0.524. The lowest BCUT2D eigenvalue weighted by Crippen LogP contribution is -2.42. The van der Waals surface area contributed by atoms with Gasteiger partial charge in [-0.1, -0.05) is 42.3 Å². The van der Waals surface area contributed by atoms with Gasteiger partial charge in [-0.15, -0.1) is 0 Å². The molecule has 0 atom stereocenters. The van der Waals surface area contributed by atoms with Gasteiger partial charge in [0.15, 0.2) is 12.2 Å². The summed E-state index contributed by atoms with van der Waals surface area (Å²) in [6.45, 7) is 5.65. The summed E-state index contributed by atoms with van der Waals surface area (Å²) in [6, 6.07) is 5.44. The van der Waals surface area contributed by atoms with Crippen LogP contribution in [0.1, 0.15) is 43.3 Å². The van der Waals surface area contributed by atoms with Crippen LogP contribution in [0, 0.1) is 12.3 Å². The largest absolute Gasteiger partial charge is 0.449 e. The molecule has 1 saturated heterocycles. The van der Waals surface area contributed by atoms with Crippen LogP contribution < -0.4 is 4.90 Å². The number of aromatic nitrogens is 3. The lowest BCUT2D eigenvalue weighted by Gasteiger charge is -2.42. The van der Waals surface area contributed by atoms with E-state index in [1.54, 1.807) is 6.07 Å². The minimum Gasteiger partial charge on any atom is -0.449 e. The maximum absolute atomic E-state index is 10.0. The average molecular weight is 461 g/mol. The summed E-state index contributed by atoms with van der Waals surface area (Å²) in [6.07, 6.45) is 7.29. The van der Waals surface area contributed by atoms with E-state index < -0.39 is 0 Å². The van der Waals surface area contributed by atoms with Crippen molar-refractivity contribution < 1.29 is 9.52 Å². The number of hydrogen-bond donors (Lipinski definition) is 1. The monoisotopic (exact) mass is 460 g/mol. The highest BCUT2D eigenvalue weighted by Gasteiger charge is 2.35. The number of rotatable bonds is 6. The predicted octanol–water partition coefficient (Wildman–Crippen LogP) is 5.48. The zero-order chi connectivity index (χ0) is 22.0. The SMILES string of the molecule is CCC1(Cc2cnco2)CCN(c2nc(C)c(-c3cccc(Cl)c3Cl)nc2CO)CC1. The molecule has 0 spiro atoms. The van der Waals surface area contributed by atoms with Crippen molar-refractivity contribution in [3.8, 4) is 11.3 Å². The first-order valence-corrected chi connectivity index (χ1v) is 11.3. The first-order chi connectivity index (χ1) is 15.0. The Balaban J connectivity index is 1.59. The number of piperidine rings is 1. The summed E-state index contributed by atoms with van der Waals surface area (Å²) in [5, 5.41) is 11.0. The average Bonchev–Trinajstić information content (AvgIpc) is 3.29. The summed E-state index contributed by atoms with van der Waals surface area (Å²) in [5.74, 6) is 1.68. The maximum atomic E-state index is 10.0. The Labute approximate surface area is 192 Å². The molecule has 0 aliphatic carbocycles. The number of benzene rings is 1. The van der Waals surface area contributed by atoms with E-state index >= 15 is 0 Å². The van der Waals surface area contributed by atoms with E-state index in [9.17, 15) is 5.11 Å². The molecule has 2 aromatic heterocycles. The van der Waals surface area contributed by atoms with Gasteiger partial charge in [0, 0.05) is 25.1 Å². The molecule has 164 valence electrons. The van der Waals surface area contributed by atoms with Gasteiger partial charge >= 0.3 is 0 Å². The summed E-state index contributed by atoms with van der Waals surface area (Å²) in [4.78, 5) is 15.8. The van der Waals surface area contributed by atoms with Gasteiger partial charge in [0.2, 0.25) is 0 Å². The molecule has 1 fully saturated rings. The Bertz CT molecular complexity index is 1050. The fourth-order valence-electron chi connectivity index (χ4n) is 4.39. The highest BCUT2D eigenvalue weighted by Crippen LogP contribution is 2.40. The molecule has 3 aromatic rings. The van der Waals surface area contributed by atoms with Gasteiger partial charge in [0.25, 0.3) is 0 Å². The Morgan fingerprint density at radius 1 is 1.19 bits per heavy atom. The Kier molecular flexibility index (Phi) is 6.51. The van der Waals surface area contributed by atoms with Gasteiger partial charge in [0.05, 0.1) is 34.2 Å². The fraction of sp³-hybridized carbons (Fsp3) is 0.435. The van der Waals surface area contributed by atoms with Gasteiger partial charge in [-0.3, -0.25) is 0 Å². The van der Waals surface area contributed by atoms with Crippen LogP contribution in [0.25, 0.3) is 11.3 Å². The second kappa shape index (κ2) is 9.15. The minimum absolute atomic E-state index is 0.187. The van der Waals surface area contributed by atoms with Crippen LogP contribution in [0.15, 0.2) is 35.2 Å². The summed E-state index contributed by atoms with van der Waals surface area (Å²) in [7, 11) is 0. The highest BCUT2D eigenvalue weighted by atomic mass is 35.5. The van der Waals surface area contributed by atoms with Crippen LogP contribution in [0.3, 0.4) is 0 Å². The molecule has 0 saturated carbocycles. The van der Waals surface area contributed by atoms with Crippen molar-refractivity contribution in [1.29, 1.82) is 0 Å². The Morgan fingerprint density at radius 3 is 2.61 bits per heavy atom. The highest BCUT2D eigenvalue weighted by molar-refractivity contribution is 6.43. The van der Waals surface area contributed by atoms with E-state index in [0.29, 0.717) is 21.4 Å². The predicted molar refractivity (Wildman–Crippen MR) is 123 cm³/mol. The maximum Gasteiger partial charge on any atom is 0.180 e. The molecule has 3 heterocycles. The van der Waals surface area contributed by atoms with Crippen LogP contribution in [0.4, 0.5) is 5.82 Å². The van der Waals surface area contributed by atoms with Crippen molar-refractivity contribution in [1.82, 2.24) is 15.0 Å². The molecule has 0 bridgehead atoms. The number of aliphatic hydroxyl groups is 1. The molecule has 0 amide bonds. The number of oxazole rings is 1. The van der Waals surface area contributed by atoms with Gasteiger partial charge in [0.1, 0.15) is 11.5 Å². The van der Waals surface area contributed by atoms with Crippen molar-refractivity contribution in [2.45, 2.75) is 46.1 Å². The third kappa shape index (κ3) is 4.43. The zero-order valence-electron chi connectivity index (χ0n) is 17.7. The summed E-state index contributed by atoms with van der Waals surface area (Å²) in [5.41, 5.74) is 2.86. The van der Waals surface area contributed by atoms with Crippen LogP contribution in [-0.2, 0) is 13.0 Å². The van der Waals surface area contributed by atoms with E-state index in [0.717, 1.165) is 61.6 Å². The van der Waals surface area contributed by atoms with Gasteiger partial charge in [-0.25, -0.2) is 15.0 Å². The second-order valence-corrected chi connectivity index (χ2v) is 8.96. The normalized spacial score (nSPS) is 16.0. The number of aliphatic hydroxyl groups excluding tert-OH is 1. The molecule has 4 rings (SSSR count). The Hall–Kier alpha value is -2.15. The standard InChI is InChI=1S/C23H26Cl2N4O2/c1-3-23(11-16-12-26-14-31-16)7-9-29(10-8-23)22-19(13-30)28-21(15(2)27-22)17-5-4-6-18(24)20(17)25/h4-6,12,14,30H,3,7-11,13H2,1-2H3. The molecular weight excluding hydrogens is 435 g/mol. The Morgan fingerprint density at radius 2 is 1.97 bits per heavy atom. The first kappa shape index (κ1) is 22.1. The topological polar surface area (TPSA) is 75.3 Å². The lowest BCUT2D eigenvalue weighted by atomic mass is 9.73. The van der Waals surface area contributed by atoms with Crippen molar-refractivity contribution in [2.75, 3.05) is 18.0 Å². The van der Waals surface area contributed by atoms with Crippen LogP contribution in [0.2, 0.25) is 10.0 Å². The fourth-order valence-corrected chi connectivity index (χ4v) is 4.78. The van der Waals surface area contributed by atoms with Gasteiger partial charge in [-0.2, -0.15) is 0 Å². The molecule has 0 unspecified atom stereocenters. The van der Waals surface area contributed by atoms with E-state index in [2.05, 4.69) is 16.8 Å². The molecule has 1 aromatic carbocycles. The van der Waals surface area contributed by atoms with E-state index in [1.165, 1.54) is 6.39 Å². The first-order valence-electron chi connectivity index (χ1n) is 10.5. The van der Waals surface area contributed by atoms with Gasteiger partial charge < -0.3 is 14.4 Å². The van der Waals surface area contributed by atoms with Crippen LogP contribution in [-0.4, -0.2) is 33.1 Å². The van der Waals surface area contributed by atoms with Gasteiger partial charge in [-0.05, 0) is 37.7 Å². The number of halogens is 2. The zero-order valence-corrected chi connectivity index (χ0v) is 19.2. The van der Waals surface area contributed by atoms with E-state index in [1.807, 2.05) is 25.3 Å². The smallest absolute Gasteiger partial charge is 0.180 e. The molecule has 1 N–H and O–H groups in total. The minimum atomic E-state index is -0.193. The number of nitrogens with zero attached hydrogens (tertiary/aromatic N) is 4. The summed E-state index contributed by atoms with van der Waals surface area (Å²) < 4.78 is 5.50. The third-order valence-electron chi connectivity index (χ3n) is 6.38. The number of anilines is 1. The van der Waals surface area contributed by atoms with Crippen LogP contribution in [0.5, 0.6) is 0 Å². The van der Waals surface area contributed by atoms with Crippen molar-refractivity contribution in [3.05, 3.63) is 58.0 Å². The molecule has 6 nitrogen and oxygen atoms in total. The van der Waals surface area contributed by atoms with Crippen LogP contribution >= 0.6 is 23.2 Å². The lowest BCUT2D eigenvalue weighted by molar-refractivity contribution is 0.193. The molecule has 31 heavy (non-hydrogen) atoms. The molecule has 8 heteroatoms. The van der Waals surface area contributed by atoms with E-state index in [-0.39, 0.29) is 12.0 Å². The number of hydrogen-bond acceptors (Lipinski definition) is 6. The summed E-state index contributed by atoms with van der Waals surface area (Å²) >= 11 is 12.6. The van der Waals surface area contributed by atoms with Crippen molar-refractivity contribution >= 4 is 29.0 Å². The molecule has 1 aliphatic rings. The van der Waals surface area contributed by atoms with Crippen molar-refractivity contribution in [3.63, 3.8) is 0 Å². The second-order valence-electron chi connectivity index (χ2n) is 8.17. The van der Waals surface area contributed by atoms with Crippen molar-refractivity contribution in [2.24, 2.45) is 5.41 Å². The number of aryl methyl sites for hydroxylation is 1. The molecule has 0 radical (unpaired) electrons. The van der Waals surface area contributed by atoms with E-state index in [4.69, 9.17) is 37.6 Å². The molecule has 1 aliphatic heterocycles.